The second kappa shape index (κ2) is 8.92. The van der Waals surface area contributed by atoms with E-state index in [1.165, 1.54) is 23.5 Å². The number of nitrogens with one attached hydrogen (secondary N) is 1. The van der Waals surface area contributed by atoms with E-state index in [0.29, 0.717) is 29.2 Å². The van der Waals surface area contributed by atoms with Crippen molar-refractivity contribution in [3.05, 3.63) is 76.5 Å². The van der Waals surface area contributed by atoms with Gasteiger partial charge in [0, 0.05) is 29.7 Å². The molecule has 4 rings (SSSR count). The molecular weight excluding hydrogens is 427 g/mol. The van der Waals surface area contributed by atoms with E-state index in [1.807, 2.05) is 26.8 Å². The van der Waals surface area contributed by atoms with E-state index in [9.17, 15) is 14.0 Å². The molecular formula is C24H23FN4O2S. The Balaban J connectivity index is 1.60. The number of rotatable bonds is 6. The number of carbonyl (C=O) groups is 2. The third-order valence-electron chi connectivity index (χ3n) is 5.26. The largest absolute Gasteiger partial charge is 0.339 e. The summed E-state index contributed by atoms with van der Waals surface area (Å²) in [4.78, 5) is 28.6. The van der Waals surface area contributed by atoms with Crippen molar-refractivity contribution in [1.82, 2.24) is 14.7 Å². The molecule has 0 aliphatic rings. The minimum absolute atomic E-state index is 0.0667. The summed E-state index contributed by atoms with van der Waals surface area (Å²) in [6, 6.07) is 14.8. The molecule has 1 N–H and O–H groups in total. The summed E-state index contributed by atoms with van der Waals surface area (Å²) in [5.74, 6) is -0.645. The quantitative estimate of drug-likeness (QED) is 0.435. The lowest BCUT2D eigenvalue weighted by molar-refractivity contribution is 0.0772. The molecule has 8 heteroatoms. The fourth-order valence-corrected chi connectivity index (χ4v) is 4.61. The van der Waals surface area contributed by atoms with Crippen LogP contribution in [0.3, 0.4) is 0 Å². The van der Waals surface area contributed by atoms with Crippen molar-refractivity contribution >= 4 is 39.1 Å². The molecule has 0 atom stereocenters. The Labute approximate surface area is 189 Å². The lowest BCUT2D eigenvalue weighted by Gasteiger charge is -2.18. The van der Waals surface area contributed by atoms with Crippen LogP contribution in [0.5, 0.6) is 0 Å². The number of thiophene rings is 1. The number of benzene rings is 2. The third-order valence-corrected chi connectivity index (χ3v) is 6.37. The van der Waals surface area contributed by atoms with Gasteiger partial charge in [-0.25, -0.2) is 9.07 Å². The van der Waals surface area contributed by atoms with Crippen molar-refractivity contribution in [3.8, 4) is 5.69 Å². The van der Waals surface area contributed by atoms with E-state index >= 15 is 0 Å². The van der Waals surface area contributed by atoms with Gasteiger partial charge < -0.3 is 10.2 Å². The van der Waals surface area contributed by atoms with Crippen molar-refractivity contribution in [2.24, 2.45) is 0 Å². The Morgan fingerprint density at radius 1 is 1.09 bits per heavy atom. The van der Waals surface area contributed by atoms with Gasteiger partial charge >= 0.3 is 0 Å². The molecule has 6 nitrogen and oxygen atoms in total. The Morgan fingerprint density at radius 2 is 1.81 bits per heavy atom. The summed E-state index contributed by atoms with van der Waals surface area (Å²) in [7, 11) is 0. The maximum Gasteiger partial charge on any atom is 0.265 e. The van der Waals surface area contributed by atoms with Crippen LogP contribution in [0.1, 0.15) is 39.6 Å². The van der Waals surface area contributed by atoms with Crippen LogP contribution >= 0.6 is 11.3 Å². The summed E-state index contributed by atoms with van der Waals surface area (Å²) in [6.07, 6.45) is 0. The van der Waals surface area contributed by atoms with Gasteiger partial charge in [-0.3, -0.25) is 9.59 Å². The highest BCUT2D eigenvalue weighted by Crippen LogP contribution is 2.31. The molecule has 0 aliphatic carbocycles. The lowest BCUT2D eigenvalue weighted by atomic mass is 10.1. The zero-order valence-electron chi connectivity index (χ0n) is 18.1. The second-order valence-corrected chi connectivity index (χ2v) is 8.35. The minimum atomic E-state index is -0.318. The highest BCUT2D eigenvalue weighted by molar-refractivity contribution is 7.20. The summed E-state index contributed by atoms with van der Waals surface area (Å²) >= 11 is 1.31. The normalized spacial score (nSPS) is 11.0. The number of anilines is 1. The van der Waals surface area contributed by atoms with E-state index in [-0.39, 0.29) is 17.6 Å². The van der Waals surface area contributed by atoms with E-state index in [0.717, 1.165) is 21.6 Å². The first kappa shape index (κ1) is 21.7. The SMILES string of the molecule is CCN(CC)C(=O)c1cccc(NC(=O)c2cc3c(C)nn(-c4ccc(F)cc4)c3s2)c1. The van der Waals surface area contributed by atoms with Gasteiger partial charge in [-0.15, -0.1) is 11.3 Å². The summed E-state index contributed by atoms with van der Waals surface area (Å²) in [5, 5.41) is 8.29. The third kappa shape index (κ3) is 4.13. The van der Waals surface area contributed by atoms with Crippen LogP contribution < -0.4 is 5.32 Å². The average molecular weight is 451 g/mol. The molecule has 32 heavy (non-hydrogen) atoms. The van der Waals surface area contributed by atoms with E-state index in [1.54, 1.807) is 46.0 Å². The molecule has 2 aromatic carbocycles. The van der Waals surface area contributed by atoms with E-state index in [4.69, 9.17) is 0 Å². The molecule has 0 bridgehead atoms. The molecule has 2 heterocycles. The summed E-state index contributed by atoms with van der Waals surface area (Å²) in [6.45, 7) is 6.99. The van der Waals surface area contributed by atoms with Crippen molar-refractivity contribution < 1.29 is 14.0 Å². The van der Waals surface area contributed by atoms with Crippen LogP contribution in [0, 0.1) is 12.7 Å². The molecule has 0 unspecified atom stereocenters. The molecule has 0 aliphatic heterocycles. The number of aryl methyl sites for hydroxylation is 1. The standard InChI is InChI=1S/C24H23FN4O2S/c1-4-28(5-2)23(31)16-7-6-8-18(13-16)26-22(30)21-14-20-15(3)27-29(24(20)32-21)19-11-9-17(25)10-12-19/h6-14H,4-5H2,1-3H3,(H,26,30). The molecule has 0 radical (unpaired) electrons. The number of halogens is 1. The molecule has 0 saturated heterocycles. The van der Waals surface area contributed by atoms with Crippen molar-refractivity contribution in [1.29, 1.82) is 0 Å². The maximum atomic E-state index is 13.3. The average Bonchev–Trinajstić information content (AvgIpc) is 3.36. The van der Waals surface area contributed by atoms with Crippen molar-refractivity contribution in [2.75, 3.05) is 18.4 Å². The van der Waals surface area contributed by atoms with Crippen molar-refractivity contribution in [3.63, 3.8) is 0 Å². The number of hydrogen-bond donors (Lipinski definition) is 1. The van der Waals surface area contributed by atoms with Gasteiger partial charge in [-0.2, -0.15) is 5.10 Å². The molecule has 4 aromatic rings. The number of fused-ring (bicyclic) bond motifs is 1. The van der Waals surface area contributed by atoms with Crippen LogP contribution in [-0.4, -0.2) is 39.6 Å². The van der Waals surface area contributed by atoms with Gasteiger partial charge in [-0.05, 0) is 69.3 Å². The fraction of sp³-hybridized carbons (Fsp3) is 0.208. The molecule has 2 aromatic heterocycles. The number of nitrogens with zero attached hydrogens (tertiary/aromatic N) is 3. The topological polar surface area (TPSA) is 67.2 Å². The first-order valence-electron chi connectivity index (χ1n) is 10.4. The van der Waals surface area contributed by atoms with Crippen LogP contribution in [0.15, 0.2) is 54.6 Å². The second-order valence-electron chi connectivity index (χ2n) is 7.32. The smallest absolute Gasteiger partial charge is 0.265 e. The lowest BCUT2D eigenvalue weighted by Crippen LogP contribution is -2.30. The minimum Gasteiger partial charge on any atom is -0.339 e. The first-order valence-corrected chi connectivity index (χ1v) is 11.2. The summed E-state index contributed by atoms with van der Waals surface area (Å²) in [5.41, 5.74) is 2.60. The van der Waals surface area contributed by atoms with Crippen LogP contribution in [-0.2, 0) is 0 Å². The van der Waals surface area contributed by atoms with Gasteiger partial charge in [-0.1, -0.05) is 6.07 Å². The monoisotopic (exact) mass is 450 g/mol. The number of carbonyl (C=O) groups excluding carboxylic acids is 2. The molecule has 2 amide bonds. The van der Waals surface area contributed by atoms with Gasteiger partial charge in [0.1, 0.15) is 10.6 Å². The van der Waals surface area contributed by atoms with Crippen LogP contribution in [0.4, 0.5) is 10.1 Å². The predicted octanol–water partition coefficient (Wildman–Crippen LogP) is 5.27. The zero-order valence-corrected chi connectivity index (χ0v) is 18.9. The predicted molar refractivity (Wildman–Crippen MR) is 125 cm³/mol. The van der Waals surface area contributed by atoms with Gasteiger partial charge in [0.25, 0.3) is 11.8 Å². The summed E-state index contributed by atoms with van der Waals surface area (Å²) < 4.78 is 15.0. The van der Waals surface area contributed by atoms with Gasteiger partial charge in [0.2, 0.25) is 0 Å². The Bertz CT molecular complexity index is 1290. The Hall–Kier alpha value is -3.52. The van der Waals surface area contributed by atoms with Gasteiger partial charge in [0.05, 0.1) is 16.3 Å². The molecule has 164 valence electrons. The number of hydrogen-bond acceptors (Lipinski definition) is 4. The maximum absolute atomic E-state index is 13.3. The Kier molecular flexibility index (Phi) is 6.05. The highest BCUT2D eigenvalue weighted by Gasteiger charge is 2.18. The number of aromatic nitrogens is 2. The number of amides is 2. The first-order chi connectivity index (χ1) is 15.4. The van der Waals surface area contributed by atoms with Crippen molar-refractivity contribution in [2.45, 2.75) is 20.8 Å². The molecule has 0 saturated carbocycles. The highest BCUT2D eigenvalue weighted by atomic mass is 32.1. The molecule has 0 spiro atoms. The fourth-order valence-electron chi connectivity index (χ4n) is 3.53. The zero-order chi connectivity index (χ0) is 22.8. The Morgan fingerprint density at radius 3 is 2.50 bits per heavy atom. The van der Waals surface area contributed by atoms with Crippen LogP contribution in [0.2, 0.25) is 0 Å². The van der Waals surface area contributed by atoms with Crippen LogP contribution in [0.25, 0.3) is 15.9 Å². The van der Waals surface area contributed by atoms with Gasteiger partial charge in [0.15, 0.2) is 0 Å². The van der Waals surface area contributed by atoms with E-state index in [2.05, 4.69) is 10.4 Å². The van der Waals surface area contributed by atoms with E-state index < -0.39 is 0 Å². The molecule has 0 fully saturated rings.